The van der Waals surface area contributed by atoms with Crippen molar-refractivity contribution in [2.75, 3.05) is 24.6 Å². The first-order chi connectivity index (χ1) is 23.0. The van der Waals surface area contributed by atoms with Gasteiger partial charge in [0.05, 0.1) is 17.7 Å². The largest absolute Gasteiger partial charge is 0.494 e. The zero-order chi connectivity index (χ0) is 34.1. The number of nitrogens with zero attached hydrogens (tertiary/aromatic N) is 2. The number of aryl methyl sites for hydroxylation is 1. The molecular formula is C39H52N4O3S2. The maximum Gasteiger partial charge on any atom is 0.311 e. The van der Waals surface area contributed by atoms with E-state index in [2.05, 4.69) is 85.1 Å². The molecule has 0 saturated carbocycles. The quantitative estimate of drug-likeness (QED) is 0.190. The molecule has 0 fully saturated rings. The van der Waals surface area contributed by atoms with Crippen LogP contribution >= 0.6 is 23.7 Å². The molecule has 2 atom stereocenters. The molecule has 3 aromatic rings. The van der Waals surface area contributed by atoms with E-state index in [1.807, 2.05) is 31.2 Å². The van der Waals surface area contributed by atoms with Gasteiger partial charge in [0, 0.05) is 23.6 Å². The number of pyridine rings is 1. The molecule has 258 valence electrons. The zero-order valence-electron chi connectivity index (χ0n) is 29.2. The maximum absolute atomic E-state index is 12.4. The second-order valence-electron chi connectivity index (χ2n) is 14.4. The summed E-state index contributed by atoms with van der Waals surface area (Å²) in [5.74, 6) is 0.974. The molecule has 1 aromatic heterocycles. The first-order valence-electron chi connectivity index (χ1n) is 17.4. The molecule has 4 bridgehead atoms. The number of thioether (sulfide) groups is 1. The molecule has 2 aliphatic rings. The highest BCUT2D eigenvalue weighted by atomic mass is 32.2. The Kier molecular flexibility index (Phi) is 12.4. The predicted molar refractivity (Wildman–Crippen MR) is 202 cm³/mol. The van der Waals surface area contributed by atoms with Crippen LogP contribution in [0.15, 0.2) is 71.8 Å². The van der Waals surface area contributed by atoms with Crippen LogP contribution in [-0.2, 0) is 11.2 Å². The van der Waals surface area contributed by atoms with Crippen molar-refractivity contribution in [3.05, 3.63) is 83.4 Å². The minimum atomic E-state index is -0.835. The number of nitrogens with one attached hydrogen (secondary N) is 2. The van der Waals surface area contributed by atoms with E-state index < -0.39 is 11.4 Å². The highest BCUT2D eigenvalue weighted by molar-refractivity contribution is 8.10. The van der Waals surface area contributed by atoms with Gasteiger partial charge in [-0.05, 0) is 91.8 Å². The summed E-state index contributed by atoms with van der Waals surface area (Å²) in [5, 5.41) is 14.8. The number of aromatic nitrogens is 1. The number of carboxylic acids is 1. The van der Waals surface area contributed by atoms with E-state index in [1.54, 1.807) is 11.8 Å². The number of fused-ring (bicyclic) bond motifs is 6. The lowest BCUT2D eigenvalue weighted by molar-refractivity contribution is -0.147. The third-order valence-corrected chi connectivity index (χ3v) is 11.1. The van der Waals surface area contributed by atoms with Crippen LogP contribution in [0.25, 0.3) is 10.6 Å². The van der Waals surface area contributed by atoms with Crippen molar-refractivity contribution >= 4 is 46.1 Å². The monoisotopic (exact) mass is 688 g/mol. The van der Waals surface area contributed by atoms with Crippen LogP contribution in [-0.4, -0.2) is 41.3 Å². The number of benzene rings is 2. The van der Waals surface area contributed by atoms with Crippen LogP contribution in [0.5, 0.6) is 5.75 Å². The average Bonchev–Trinajstić information content (AvgIpc) is 3.48. The minimum Gasteiger partial charge on any atom is -0.494 e. The van der Waals surface area contributed by atoms with E-state index >= 15 is 0 Å². The Balaban J connectivity index is 1.43. The summed E-state index contributed by atoms with van der Waals surface area (Å²) in [6.45, 7) is 12.6. The van der Waals surface area contributed by atoms with Crippen LogP contribution in [0, 0.1) is 10.8 Å². The fraction of sp³-hybridized carbons (Fsp3) is 0.487. The van der Waals surface area contributed by atoms with Gasteiger partial charge in [0.15, 0.2) is 0 Å². The molecule has 7 nitrogen and oxygen atoms in total. The first kappa shape index (κ1) is 36.1. The molecular weight excluding hydrogens is 637 g/mol. The standard InChI is InChI=1S/C39H52N4O3S2/c1-6-22-39(5,36(44)45)27-43-24-12-8-7-9-15-28-16-10-11-19-31(28)34-35(29-17-13-18-30(26-29)46-25-23-38(2,3)4)47-37(41-34)42-48-33-21-14-20-32(43)40-33/h10-11,13-14,16-21,26,37,41-42H,6-9,12,15,22-25,27H2,1-5H3,(H,44,45). The van der Waals surface area contributed by atoms with Gasteiger partial charge in [0.2, 0.25) is 0 Å². The fourth-order valence-electron chi connectivity index (χ4n) is 6.28. The second-order valence-corrected chi connectivity index (χ2v) is 16.4. The first-order valence-corrected chi connectivity index (χ1v) is 19.1. The van der Waals surface area contributed by atoms with Gasteiger partial charge in [0.1, 0.15) is 22.1 Å². The molecule has 0 spiro atoms. The van der Waals surface area contributed by atoms with E-state index in [-0.39, 0.29) is 10.9 Å². The van der Waals surface area contributed by atoms with E-state index in [0.717, 1.165) is 79.3 Å². The van der Waals surface area contributed by atoms with Crippen LogP contribution in [0.4, 0.5) is 5.82 Å². The number of carboxylic acid groups (broad SMARTS) is 1. The minimum absolute atomic E-state index is 0.0874. The van der Waals surface area contributed by atoms with Crippen molar-refractivity contribution in [2.45, 2.75) is 96.5 Å². The molecule has 0 saturated heterocycles. The number of aliphatic carboxylic acids is 1. The molecule has 3 N–H and O–H groups in total. The Morgan fingerprint density at radius 2 is 1.79 bits per heavy atom. The number of carbonyl (C=O) groups is 1. The Morgan fingerprint density at radius 1 is 1.00 bits per heavy atom. The SMILES string of the molecule is CCCC(C)(CN1CCCCCCc2ccccc2C2=C(c3cccc(OCCC(C)(C)C)c3)SC(NSc3cccc1n3)N2)C(=O)O. The summed E-state index contributed by atoms with van der Waals surface area (Å²) >= 11 is 3.28. The van der Waals surface area contributed by atoms with Gasteiger partial charge in [-0.3, -0.25) is 4.79 Å². The van der Waals surface area contributed by atoms with E-state index in [4.69, 9.17) is 9.72 Å². The predicted octanol–water partition coefficient (Wildman–Crippen LogP) is 9.45. The molecule has 2 aliphatic heterocycles. The van der Waals surface area contributed by atoms with Crippen LogP contribution in [0.3, 0.4) is 0 Å². The van der Waals surface area contributed by atoms with E-state index in [9.17, 15) is 9.90 Å². The highest BCUT2D eigenvalue weighted by Gasteiger charge is 2.35. The Labute approximate surface area is 295 Å². The summed E-state index contributed by atoms with van der Waals surface area (Å²) in [6.07, 6.45) is 7.72. The number of rotatable bonds is 9. The lowest BCUT2D eigenvalue weighted by atomic mass is 9.85. The molecule has 0 radical (unpaired) electrons. The number of hydrogen-bond donors (Lipinski definition) is 3. The van der Waals surface area contributed by atoms with Gasteiger partial charge in [-0.1, -0.05) is 101 Å². The number of anilines is 1. The average molecular weight is 689 g/mol. The van der Waals surface area contributed by atoms with Gasteiger partial charge >= 0.3 is 5.97 Å². The van der Waals surface area contributed by atoms with Crippen molar-refractivity contribution in [1.29, 1.82) is 0 Å². The fourth-order valence-corrected chi connectivity index (χ4v) is 8.15. The third-order valence-electron chi connectivity index (χ3n) is 9.03. The smallest absolute Gasteiger partial charge is 0.311 e. The van der Waals surface area contributed by atoms with Gasteiger partial charge in [-0.25, -0.2) is 9.71 Å². The summed E-state index contributed by atoms with van der Waals surface area (Å²) < 4.78 is 9.85. The van der Waals surface area contributed by atoms with Crippen molar-refractivity contribution in [3.63, 3.8) is 0 Å². The van der Waals surface area contributed by atoms with Crippen LogP contribution < -0.4 is 19.7 Å². The van der Waals surface area contributed by atoms with Crippen molar-refractivity contribution in [3.8, 4) is 5.75 Å². The molecule has 3 heterocycles. The molecule has 48 heavy (non-hydrogen) atoms. The normalized spacial score (nSPS) is 18.8. The lowest BCUT2D eigenvalue weighted by Gasteiger charge is -2.33. The molecule has 5 rings (SSSR count). The molecule has 2 unspecified atom stereocenters. The zero-order valence-corrected chi connectivity index (χ0v) is 30.8. The molecule has 2 aromatic carbocycles. The summed E-state index contributed by atoms with van der Waals surface area (Å²) in [4.78, 5) is 20.8. The number of hydrogen-bond acceptors (Lipinski definition) is 8. The van der Waals surface area contributed by atoms with Crippen molar-refractivity contribution < 1.29 is 14.6 Å². The second kappa shape index (κ2) is 16.5. The van der Waals surface area contributed by atoms with E-state index in [1.165, 1.54) is 28.0 Å². The van der Waals surface area contributed by atoms with Gasteiger partial charge in [-0.15, -0.1) is 0 Å². The van der Waals surface area contributed by atoms with Gasteiger partial charge < -0.3 is 20.1 Å². The number of ether oxygens (including phenoxy) is 1. The van der Waals surface area contributed by atoms with Gasteiger partial charge in [-0.2, -0.15) is 0 Å². The van der Waals surface area contributed by atoms with E-state index in [0.29, 0.717) is 19.6 Å². The summed E-state index contributed by atoms with van der Waals surface area (Å²) in [7, 11) is 0. The molecule has 9 heteroatoms. The summed E-state index contributed by atoms with van der Waals surface area (Å²) in [5.41, 5.74) is 4.17. The van der Waals surface area contributed by atoms with Crippen molar-refractivity contribution in [1.82, 2.24) is 15.0 Å². The highest BCUT2D eigenvalue weighted by Crippen LogP contribution is 2.44. The van der Waals surface area contributed by atoms with Crippen LogP contribution in [0.2, 0.25) is 0 Å². The van der Waals surface area contributed by atoms with Crippen LogP contribution in [0.1, 0.15) is 96.3 Å². The topological polar surface area (TPSA) is 86.7 Å². The van der Waals surface area contributed by atoms with Crippen molar-refractivity contribution in [2.24, 2.45) is 10.8 Å². The molecule has 0 amide bonds. The third kappa shape index (κ3) is 9.73. The lowest BCUT2D eigenvalue weighted by Crippen LogP contribution is -2.42. The van der Waals surface area contributed by atoms with Gasteiger partial charge in [0.25, 0.3) is 0 Å². The maximum atomic E-state index is 12.4. The Bertz CT molecular complexity index is 1570. The Morgan fingerprint density at radius 3 is 2.58 bits per heavy atom. The Hall–Kier alpha value is -3.14. The molecule has 0 aliphatic carbocycles. The summed E-state index contributed by atoms with van der Waals surface area (Å²) in [6, 6.07) is 23.3.